The lowest BCUT2D eigenvalue weighted by Crippen LogP contribution is -2.37. The van der Waals surface area contributed by atoms with E-state index < -0.39 is 0 Å². The van der Waals surface area contributed by atoms with Crippen molar-refractivity contribution in [2.75, 3.05) is 56.3 Å². The summed E-state index contributed by atoms with van der Waals surface area (Å²) in [4.78, 5) is 23.2. The van der Waals surface area contributed by atoms with E-state index in [0.717, 1.165) is 44.2 Å². The first kappa shape index (κ1) is 20.6. The van der Waals surface area contributed by atoms with Crippen LogP contribution in [-0.2, 0) is 14.3 Å². The molecule has 1 aromatic rings. The zero-order valence-corrected chi connectivity index (χ0v) is 16.2. The first-order valence-corrected chi connectivity index (χ1v) is 9.62. The van der Waals surface area contributed by atoms with E-state index in [1.807, 2.05) is 20.8 Å². The largest absolute Gasteiger partial charge is 0.379 e. The lowest BCUT2D eigenvalue weighted by Gasteiger charge is -2.32. The molecule has 1 saturated heterocycles. The molecular formula is C19H32N4O3. The second-order valence-electron chi connectivity index (χ2n) is 6.81. The molecule has 2 heterocycles. The van der Waals surface area contributed by atoms with Crippen LogP contribution >= 0.6 is 0 Å². The summed E-state index contributed by atoms with van der Waals surface area (Å²) < 4.78 is 10.7. The van der Waals surface area contributed by atoms with Crippen LogP contribution < -0.4 is 10.2 Å². The SMILES string of the molecule is CCOCCOCCNc1cnc(N2CCC(C(=O)C(C)C)CC2)cn1. The van der Waals surface area contributed by atoms with Gasteiger partial charge in [0.15, 0.2) is 0 Å². The summed E-state index contributed by atoms with van der Waals surface area (Å²) in [6.07, 6.45) is 5.35. The Balaban J connectivity index is 1.68. The average molecular weight is 364 g/mol. The molecule has 0 radical (unpaired) electrons. The number of ketones is 1. The lowest BCUT2D eigenvalue weighted by molar-refractivity contribution is -0.126. The Hall–Kier alpha value is -1.73. The molecule has 0 spiro atoms. The van der Waals surface area contributed by atoms with Crippen molar-refractivity contribution in [1.82, 2.24) is 9.97 Å². The van der Waals surface area contributed by atoms with Gasteiger partial charge in [-0.2, -0.15) is 0 Å². The van der Waals surface area contributed by atoms with Crippen LogP contribution in [0.5, 0.6) is 0 Å². The highest BCUT2D eigenvalue weighted by molar-refractivity contribution is 5.83. The second kappa shape index (κ2) is 11.1. The highest BCUT2D eigenvalue weighted by atomic mass is 16.5. The van der Waals surface area contributed by atoms with Crippen molar-refractivity contribution in [3.63, 3.8) is 0 Å². The first-order chi connectivity index (χ1) is 12.6. The molecule has 0 bridgehead atoms. The fraction of sp³-hybridized carbons (Fsp3) is 0.737. The number of nitrogens with one attached hydrogen (secondary N) is 1. The van der Waals surface area contributed by atoms with Gasteiger partial charge in [-0.15, -0.1) is 0 Å². The molecule has 1 fully saturated rings. The summed E-state index contributed by atoms with van der Waals surface area (Å²) in [5, 5.41) is 3.20. The number of ether oxygens (including phenoxy) is 2. The molecule has 2 rings (SSSR count). The maximum atomic E-state index is 12.1. The van der Waals surface area contributed by atoms with Gasteiger partial charge in [0.1, 0.15) is 17.4 Å². The molecule has 26 heavy (non-hydrogen) atoms. The van der Waals surface area contributed by atoms with Crippen molar-refractivity contribution in [2.24, 2.45) is 11.8 Å². The highest BCUT2D eigenvalue weighted by Gasteiger charge is 2.26. The number of carbonyl (C=O) groups is 1. The van der Waals surface area contributed by atoms with Gasteiger partial charge in [-0.25, -0.2) is 9.97 Å². The maximum absolute atomic E-state index is 12.1. The number of carbonyl (C=O) groups excluding carboxylic acids is 1. The molecule has 1 N–H and O–H groups in total. The van der Waals surface area contributed by atoms with Gasteiger partial charge < -0.3 is 19.7 Å². The molecule has 7 heteroatoms. The summed E-state index contributed by atoms with van der Waals surface area (Å²) >= 11 is 0. The third-order valence-electron chi connectivity index (χ3n) is 4.56. The normalized spacial score (nSPS) is 15.5. The van der Waals surface area contributed by atoms with E-state index in [-0.39, 0.29) is 11.8 Å². The second-order valence-corrected chi connectivity index (χ2v) is 6.81. The molecule has 1 aromatic heterocycles. The number of nitrogens with zero attached hydrogens (tertiary/aromatic N) is 3. The Morgan fingerprint density at radius 3 is 2.54 bits per heavy atom. The zero-order chi connectivity index (χ0) is 18.8. The van der Waals surface area contributed by atoms with Crippen molar-refractivity contribution in [3.8, 4) is 0 Å². The molecule has 0 amide bonds. The summed E-state index contributed by atoms with van der Waals surface area (Å²) in [7, 11) is 0. The molecule has 1 aliphatic rings. The van der Waals surface area contributed by atoms with E-state index in [0.29, 0.717) is 32.1 Å². The van der Waals surface area contributed by atoms with Gasteiger partial charge in [-0.05, 0) is 19.8 Å². The van der Waals surface area contributed by atoms with Gasteiger partial charge in [0.2, 0.25) is 0 Å². The molecule has 1 aliphatic heterocycles. The summed E-state index contributed by atoms with van der Waals surface area (Å²) in [6, 6.07) is 0. The fourth-order valence-electron chi connectivity index (χ4n) is 3.06. The fourth-order valence-corrected chi connectivity index (χ4v) is 3.06. The van der Waals surface area contributed by atoms with Gasteiger partial charge in [0, 0.05) is 38.1 Å². The van der Waals surface area contributed by atoms with Crippen LogP contribution in [0.3, 0.4) is 0 Å². The topological polar surface area (TPSA) is 76.6 Å². The average Bonchev–Trinajstić information content (AvgIpc) is 2.67. The number of aromatic nitrogens is 2. The smallest absolute Gasteiger partial charge is 0.147 e. The van der Waals surface area contributed by atoms with Crippen molar-refractivity contribution < 1.29 is 14.3 Å². The predicted molar refractivity (Wildman–Crippen MR) is 103 cm³/mol. The minimum absolute atomic E-state index is 0.125. The van der Waals surface area contributed by atoms with Gasteiger partial charge in [-0.3, -0.25) is 4.79 Å². The number of Topliss-reactive ketones (excluding diaryl/α,β-unsaturated/α-hetero) is 1. The molecule has 0 aromatic carbocycles. The number of piperidine rings is 1. The van der Waals surface area contributed by atoms with Crippen LogP contribution in [0.2, 0.25) is 0 Å². The van der Waals surface area contributed by atoms with Gasteiger partial charge in [0.05, 0.1) is 32.2 Å². The minimum Gasteiger partial charge on any atom is -0.379 e. The molecule has 7 nitrogen and oxygen atoms in total. The van der Waals surface area contributed by atoms with Gasteiger partial charge in [-0.1, -0.05) is 13.8 Å². The Bertz CT molecular complexity index is 528. The first-order valence-electron chi connectivity index (χ1n) is 9.62. The molecule has 0 atom stereocenters. The van der Waals surface area contributed by atoms with E-state index in [1.165, 1.54) is 0 Å². The lowest BCUT2D eigenvalue weighted by atomic mass is 9.87. The molecule has 0 unspecified atom stereocenters. The summed E-state index contributed by atoms with van der Waals surface area (Å²) in [6.45, 7) is 10.9. The van der Waals surface area contributed by atoms with Crippen LogP contribution in [0.4, 0.5) is 11.6 Å². The number of hydrogen-bond acceptors (Lipinski definition) is 7. The van der Waals surface area contributed by atoms with Crippen molar-refractivity contribution in [1.29, 1.82) is 0 Å². The van der Waals surface area contributed by atoms with E-state index in [2.05, 4.69) is 20.2 Å². The maximum Gasteiger partial charge on any atom is 0.147 e. The number of hydrogen-bond donors (Lipinski definition) is 1. The number of rotatable bonds is 11. The standard InChI is InChI=1S/C19H32N4O3/c1-4-25-11-12-26-10-7-20-17-13-22-18(14-21-17)23-8-5-16(6-9-23)19(24)15(2)3/h13-16H,4-12H2,1-3H3,(H,20,21). The molecular weight excluding hydrogens is 332 g/mol. The minimum atomic E-state index is 0.125. The third-order valence-corrected chi connectivity index (χ3v) is 4.56. The van der Waals surface area contributed by atoms with Crippen LogP contribution in [0.15, 0.2) is 12.4 Å². The van der Waals surface area contributed by atoms with Crippen LogP contribution in [0, 0.1) is 11.8 Å². The zero-order valence-electron chi connectivity index (χ0n) is 16.2. The van der Waals surface area contributed by atoms with E-state index >= 15 is 0 Å². The van der Waals surface area contributed by atoms with E-state index in [1.54, 1.807) is 12.4 Å². The van der Waals surface area contributed by atoms with Crippen LogP contribution in [0.25, 0.3) is 0 Å². The molecule has 0 saturated carbocycles. The Kier molecular flexibility index (Phi) is 8.77. The Morgan fingerprint density at radius 1 is 1.19 bits per heavy atom. The Labute approximate surface area is 156 Å². The summed E-state index contributed by atoms with van der Waals surface area (Å²) in [5.74, 6) is 2.33. The highest BCUT2D eigenvalue weighted by Crippen LogP contribution is 2.24. The molecule has 0 aliphatic carbocycles. The van der Waals surface area contributed by atoms with Crippen LogP contribution in [-0.4, -0.2) is 61.8 Å². The molecule has 146 valence electrons. The third kappa shape index (κ3) is 6.53. The Morgan fingerprint density at radius 2 is 1.92 bits per heavy atom. The van der Waals surface area contributed by atoms with Gasteiger partial charge in [0.25, 0.3) is 0 Å². The van der Waals surface area contributed by atoms with Crippen molar-refractivity contribution in [2.45, 2.75) is 33.6 Å². The van der Waals surface area contributed by atoms with Crippen molar-refractivity contribution in [3.05, 3.63) is 12.4 Å². The van der Waals surface area contributed by atoms with E-state index in [4.69, 9.17) is 9.47 Å². The van der Waals surface area contributed by atoms with Gasteiger partial charge >= 0.3 is 0 Å². The predicted octanol–water partition coefficient (Wildman–Crippen LogP) is 2.38. The number of anilines is 2. The quantitative estimate of drug-likeness (QED) is 0.604. The van der Waals surface area contributed by atoms with E-state index in [9.17, 15) is 4.79 Å². The summed E-state index contributed by atoms with van der Waals surface area (Å²) in [5.41, 5.74) is 0. The monoisotopic (exact) mass is 364 g/mol. The van der Waals surface area contributed by atoms with Crippen molar-refractivity contribution >= 4 is 17.4 Å². The van der Waals surface area contributed by atoms with Crippen LogP contribution in [0.1, 0.15) is 33.6 Å².